The largest absolute Gasteiger partial charge is 0.497 e. The van der Waals surface area contributed by atoms with E-state index in [2.05, 4.69) is 10.3 Å². The molecule has 0 unspecified atom stereocenters. The van der Waals surface area contributed by atoms with E-state index in [9.17, 15) is 14.4 Å². The second-order valence-corrected chi connectivity index (χ2v) is 8.00. The van der Waals surface area contributed by atoms with Gasteiger partial charge >= 0.3 is 0 Å². The zero-order valence-electron chi connectivity index (χ0n) is 20.3. The fourth-order valence-electron chi connectivity index (χ4n) is 3.85. The van der Waals surface area contributed by atoms with Crippen LogP contribution in [0.4, 0.5) is 5.69 Å². The second kappa shape index (κ2) is 10.3. The van der Waals surface area contributed by atoms with Gasteiger partial charge in [-0.15, -0.1) is 0 Å². The summed E-state index contributed by atoms with van der Waals surface area (Å²) in [7, 11) is 4.48. The lowest BCUT2D eigenvalue weighted by Gasteiger charge is -2.14. The highest BCUT2D eigenvalue weighted by molar-refractivity contribution is 6.11. The molecule has 4 aromatic rings. The molecule has 2 heterocycles. The minimum Gasteiger partial charge on any atom is -0.497 e. The summed E-state index contributed by atoms with van der Waals surface area (Å²) < 4.78 is 17.3. The van der Waals surface area contributed by atoms with E-state index in [1.165, 1.54) is 32.1 Å². The molecule has 9 nitrogen and oxygen atoms in total. The molecule has 0 aliphatic rings. The van der Waals surface area contributed by atoms with Gasteiger partial charge in [0.05, 0.1) is 37.8 Å². The van der Waals surface area contributed by atoms with E-state index < -0.39 is 17.1 Å². The molecule has 1 N–H and O–H groups in total. The Kier molecular flexibility index (Phi) is 7.00. The summed E-state index contributed by atoms with van der Waals surface area (Å²) in [5.41, 5.74) is 1.12. The van der Waals surface area contributed by atoms with Crippen LogP contribution in [0.2, 0.25) is 0 Å². The quantitative estimate of drug-likeness (QED) is 0.378. The lowest BCUT2D eigenvalue weighted by molar-refractivity contribution is -0.116. The van der Waals surface area contributed by atoms with Crippen LogP contribution in [0.25, 0.3) is 11.0 Å². The van der Waals surface area contributed by atoms with Gasteiger partial charge in [0.2, 0.25) is 17.1 Å². The van der Waals surface area contributed by atoms with Crippen LogP contribution >= 0.6 is 0 Å². The Morgan fingerprint density at radius 1 is 0.917 bits per heavy atom. The number of carbonyl (C=O) groups is 2. The number of amides is 1. The molecule has 9 heteroatoms. The molecule has 0 aliphatic heterocycles. The Morgan fingerprint density at radius 2 is 1.61 bits per heavy atom. The predicted molar refractivity (Wildman–Crippen MR) is 135 cm³/mol. The van der Waals surface area contributed by atoms with Gasteiger partial charge in [-0.05, 0) is 31.2 Å². The van der Waals surface area contributed by atoms with Gasteiger partial charge in [0.1, 0.15) is 29.4 Å². The van der Waals surface area contributed by atoms with Crippen LogP contribution in [0.5, 0.6) is 17.2 Å². The van der Waals surface area contributed by atoms with Crippen molar-refractivity contribution >= 4 is 28.4 Å². The number of benzene rings is 2. The van der Waals surface area contributed by atoms with E-state index in [1.54, 1.807) is 61.5 Å². The summed E-state index contributed by atoms with van der Waals surface area (Å²) >= 11 is 0. The number of aromatic nitrogens is 2. The summed E-state index contributed by atoms with van der Waals surface area (Å²) in [6, 6.07) is 15.0. The van der Waals surface area contributed by atoms with E-state index in [1.807, 2.05) is 0 Å². The molecule has 0 bridgehead atoms. The van der Waals surface area contributed by atoms with Crippen molar-refractivity contribution in [3.05, 3.63) is 87.8 Å². The molecule has 2 aromatic carbocycles. The topological polar surface area (TPSA) is 109 Å². The first-order valence-corrected chi connectivity index (χ1v) is 11.1. The summed E-state index contributed by atoms with van der Waals surface area (Å²) in [4.78, 5) is 44.2. The van der Waals surface area contributed by atoms with E-state index in [0.717, 1.165) is 0 Å². The number of fused-ring (bicyclic) bond motifs is 1. The molecule has 0 atom stereocenters. The number of hydrogen-bond donors (Lipinski definition) is 1. The number of nitrogens with one attached hydrogen (secondary N) is 1. The highest BCUT2D eigenvalue weighted by atomic mass is 16.5. The van der Waals surface area contributed by atoms with Gasteiger partial charge in [0.25, 0.3) is 0 Å². The smallest absolute Gasteiger partial charge is 0.244 e. The maximum Gasteiger partial charge on any atom is 0.244 e. The van der Waals surface area contributed by atoms with Gasteiger partial charge in [-0.25, -0.2) is 4.98 Å². The van der Waals surface area contributed by atoms with Crippen molar-refractivity contribution in [2.45, 2.75) is 13.5 Å². The monoisotopic (exact) mass is 487 g/mol. The van der Waals surface area contributed by atoms with Gasteiger partial charge in [0.15, 0.2) is 0 Å². The fraction of sp³-hybridized carbons (Fsp3) is 0.185. The summed E-state index contributed by atoms with van der Waals surface area (Å²) in [6.45, 7) is 1.59. The van der Waals surface area contributed by atoms with Crippen LogP contribution in [0.15, 0.2) is 65.6 Å². The van der Waals surface area contributed by atoms with Crippen molar-refractivity contribution in [2.75, 3.05) is 26.6 Å². The minimum absolute atomic E-state index is 0.0893. The third-order valence-electron chi connectivity index (χ3n) is 5.61. The van der Waals surface area contributed by atoms with Crippen LogP contribution in [-0.4, -0.2) is 42.6 Å². The molecule has 4 rings (SSSR count). The summed E-state index contributed by atoms with van der Waals surface area (Å²) in [5.74, 6) is 0.474. The molecule has 1 amide bonds. The molecular weight excluding hydrogens is 462 g/mol. The van der Waals surface area contributed by atoms with Crippen molar-refractivity contribution in [3.8, 4) is 17.2 Å². The minimum atomic E-state index is -0.508. The molecule has 0 radical (unpaired) electrons. The number of rotatable bonds is 8. The summed E-state index contributed by atoms with van der Waals surface area (Å²) in [6.07, 6.45) is 1.37. The maximum absolute atomic E-state index is 13.4. The number of hydrogen-bond acceptors (Lipinski definition) is 7. The Bertz CT molecular complexity index is 1500. The highest BCUT2D eigenvalue weighted by Gasteiger charge is 2.21. The first-order valence-electron chi connectivity index (χ1n) is 11.1. The zero-order valence-corrected chi connectivity index (χ0v) is 20.3. The van der Waals surface area contributed by atoms with Crippen LogP contribution in [0.1, 0.15) is 21.6 Å². The number of nitrogens with zero attached hydrogens (tertiary/aromatic N) is 2. The van der Waals surface area contributed by atoms with Gasteiger partial charge in [-0.2, -0.15) is 0 Å². The molecule has 0 aliphatic carbocycles. The number of pyridine rings is 2. The molecular formula is C27H25N3O6. The van der Waals surface area contributed by atoms with Crippen LogP contribution in [-0.2, 0) is 11.3 Å². The molecule has 2 aromatic heterocycles. The number of para-hydroxylation sites is 1. The van der Waals surface area contributed by atoms with Crippen molar-refractivity contribution < 1.29 is 23.8 Å². The number of methoxy groups -OCH3 is 3. The number of anilines is 1. The average Bonchev–Trinajstić information content (AvgIpc) is 2.89. The Hall–Kier alpha value is -4.66. The maximum atomic E-state index is 13.4. The van der Waals surface area contributed by atoms with Crippen molar-refractivity contribution in [1.29, 1.82) is 0 Å². The molecule has 0 saturated carbocycles. The third-order valence-corrected chi connectivity index (χ3v) is 5.61. The van der Waals surface area contributed by atoms with Gasteiger partial charge in [-0.1, -0.05) is 12.1 Å². The number of aryl methyl sites for hydroxylation is 1. The lowest BCUT2D eigenvalue weighted by Crippen LogP contribution is -2.25. The van der Waals surface area contributed by atoms with E-state index in [0.29, 0.717) is 34.3 Å². The van der Waals surface area contributed by atoms with Crippen LogP contribution in [0.3, 0.4) is 0 Å². The summed E-state index contributed by atoms with van der Waals surface area (Å²) in [5, 5.41) is 3.04. The SMILES string of the molecule is COc1cc(NC(=O)Cn2cc(C(=O)c3ccccc3OC)c(=O)c3ccc(C)nc32)cc(OC)c1. The Labute approximate surface area is 207 Å². The van der Waals surface area contributed by atoms with E-state index in [4.69, 9.17) is 14.2 Å². The van der Waals surface area contributed by atoms with Crippen molar-refractivity contribution in [3.63, 3.8) is 0 Å². The standard InChI is InChI=1S/C27H25N3O6/c1-16-9-10-21-26(33)22(25(32)20-7-5-6-8-23(20)36-4)14-30(27(21)28-16)15-24(31)29-17-11-18(34-2)13-19(12-17)35-3/h5-14H,15H2,1-4H3,(H,29,31). The van der Waals surface area contributed by atoms with E-state index >= 15 is 0 Å². The first-order chi connectivity index (χ1) is 17.3. The van der Waals surface area contributed by atoms with Gasteiger partial charge in [-0.3, -0.25) is 14.4 Å². The average molecular weight is 488 g/mol. The number of ether oxygens (including phenoxy) is 3. The van der Waals surface area contributed by atoms with Gasteiger partial charge < -0.3 is 24.1 Å². The molecule has 36 heavy (non-hydrogen) atoms. The van der Waals surface area contributed by atoms with Crippen LogP contribution in [0, 0.1) is 6.92 Å². The molecule has 0 spiro atoms. The lowest BCUT2D eigenvalue weighted by atomic mass is 10.0. The van der Waals surface area contributed by atoms with Gasteiger partial charge in [0, 0.05) is 35.8 Å². The molecule has 0 fully saturated rings. The Balaban J connectivity index is 1.76. The van der Waals surface area contributed by atoms with Crippen molar-refractivity contribution in [2.24, 2.45) is 0 Å². The first kappa shape index (κ1) is 24.5. The highest BCUT2D eigenvalue weighted by Crippen LogP contribution is 2.26. The fourth-order valence-corrected chi connectivity index (χ4v) is 3.85. The third kappa shape index (κ3) is 4.90. The van der Waals surface area contributed by atoms with Crippen molar-refractivity contribution in [1.82, 2.24) is 9.55 Å². The second-order valence-electron chi connectivity index (χ2n) is 8.00. The number of carbonyl (C=O) groups excluding carboxylic acids is 2. The normalized spacial score (nSPS) is 10.7. The predicted octanol–water partition coefficient (Wildman–Crippen LogP) is 3.60. The number of ketones is 1. The zero-order chi connectivity index (χ0) is 25.8. The Morgan fingerprint density at radius 3 is 2.28 bits per heavy atom. The van der Waals surface area contributed by atoms with E-state index in [-0.39, 0.29) is 23.1 Å². The molecule has 0 saturated heterocycles. The van der Waals surface area contributed by atoms with Crippen LogP contribution < -0.4 is 25.0 Å². The molecule has 184 valence electrons.